The van der Waals surface area contributed by atoms with Crippen LogP contribution in [0, 0.1) is 0 Å². The van der Waals surface area contributed by atoms with E-state index >= 15 is 0 Å². The molecule has 0 radical (unpaired) electrons. The summed E-state index contributed by atoms with van der Waals surface area (Å²) in [4.78, 5) is 15.6. The first-order valence-corrected chi connectivity index (χ1v) is 23.9. The van der Waals surface area contributed by atoms with Crippen molar-refractivity contribution in [3.8, 4) is 78.7 Å². The van der Waals surface area contributed by atoms with Gasteiger partial charge in [-0.2, -0.15) is 0 Å². The Bertz CT molecular complexity index is 3020. The molecule has 2 aliphatic carbocycles. The van der Waals surface area contributed by atoms with Crippen LogP contribution in [0.3, 0.4) is 0 Å². The van der Waals surface area contributed by atoms with Crippen LogP contribution in [0.2, 0.25) is 19.6 Å². The van der Waals surface area contributed by atoms with E-state index in [1.54, 1.807) is 0 Å². The van der Waals surface area contributed by atoms with Gasteiger partial charge in [0.15, 0.2) is 17.5 Å². The SMILES string of the molecule is C[Si](C)(C)c1ccc(-c2nc(-c3cccc(-c4ccc5c(c4)C4(c6ccccc6-c6ccccc64)c4ccccc4-5)c3)nc(-c3ccccc3-c3ccccc3)n2)cc1. The molecule has 0 saturated heterocycles. The van der Waals surface area contributed by atoms with Crippen LogP contribution < -0.4 is 5.19 Å². The molecule has 59 heavy (non-hydrogen) atoms. The molecule has 11 rings (SSSR count). The molecule has 0 aliphatic heterocycles. The van der Waals surface area contributed by atoms with E-state index in [9.17, 15) is 0 Å². The normalized spacial score (nSPS) is 13.1. The van der Waals surface area contributed by atoms with Gasteiger partial charge in [0.2, 0.25) is 0 Å². The zero-order valence-corrected chi connectivity index (χ0v) is 34.3. The lowest BCUT2D eigenvalue weighted by molar-refractivity contribution is 0.794. The molecule has 9 aromatic rings. The molecule has 280 valence electrons. The molecule has 0 bridgehead atoms. The molecule has 1 spiro atoms. The van der Waals surface area contributed by atoms with Crippen LogP contribution in [0.5, 0.6) is 0 Å². The standard InChI is InChI=1S/C55H41N3Si/c1-59(2,3)41-31-28-37(29-32-41)52-56-53(58-54(57-52)47-24-8-7-20-42(47)36-16-5-4-6-17-36)40-19-15-18-38(34-40)39-30-33-46-45-23-11-14-27-50(45)55(51(46)35-39)48-25-12-9-21-43(48)44-22-10-13-26-49(44)55/h4-35H,1-3H3. The Labute approximate surface area is 346 Å². The fraction of sp³-hybridized carbons (Fsp3) is 0.0727. The highest BCUT2D eigenvalue weighted by molar-refractivity contribution is 6.88. The van der Waals surface area contributed by atoms with Gasteiger partial charge < -0.3 is 0 Å². The van der Waals surface area contributed by atoms with E-state index in [0.717, 1.165) is 38.9 Å². The fourth-order valence-corrected chi connectivity index (χ4v) is 10.7. The average Bonchev–Trinajstić information content (AvgIpc) is 3.76. The number of nitrogens with zero attached hydrogens (tertiary/aromatic N) is 3. The van der Waals surface area contributed by atoms with E-state index < -0.39 is 13.5 Å². The van der Waals surface area contributed by atoms with E-state index in [0.29, 0.717) is 17.5 Å². The number of fused-ring (bicyclic) bond motifs is 10. The van der Waals surface area contributed by atoms with Crippen molar-refractivity contribution in [2.45, 2.75) is 25.1 Å². The molecule has 0 atom stereocenters. The van der Waals surface area contributed by atoms with Crippen molar-refractivity contribution in [1.29, 1.82) is 0 Å². The molecule has 1 aromatic heterocycles. The molecule has 0 amide bonds. The van der Waals surface area contributed by atoms with Gasteiger partial charge in [0.25, 0.3) is 0 Å². The summed E-state index contributed by atoms with van der Waals surface area (Å²) < 4.78 is 0. The summed E-state index contributed by atoms with van der Waals surface area (Å²) in [7, 11) is -1.49. The van der Waals surface area contributed by atoms with E-state index in [2.05, 4.69) is 208 Å². The van der Waals surface area contributed by atoms with Gasteiger partial charge in [0, 0.05) is 16.7 Å². The predicted molar refractivity (Wildman–Crippen MR) is 246 cm³/mol. The second-order valence-electron chi connectivity index (χ2n) is 16.8. The highest BCUT2D eigenvalue weighted by Gasteiger charge is 2.51. The predicted octanol–water partition coefficient (Wildman–Crippen LogP) is 13.1. The number of hydrogen-bond acceptors (Lipinski definition) is 3. The van der Waals surface area contributed by atoms with Gasteiger partial charge in [-0.05, 0) is 78.9 Å². The minimum atomic E-state index is -1.49. The molecule has 0 N–H and O–H groups in total. The molecule has 1 heterocycles. The Morgan fingerprint density at radius 1 is 0.305 bits per heavy atom. The maximum Gasteiger partial charge on any atom is 0.164 e. The maximum absolute atomic E-state index is 5.25. The lowest BCUT2D eigenvalue weighted by Crippen LogP contribution is -2.37. The third kappa shape index (κ3) is 5.59. The zero-order chi connectivity index (χ0) is 39.7. The van der Waals surface area contributed by atoms with Crippen LogP contribution in [-0.2, 0) is 5.41 Å². The first-order valence-electron chi connectivity index (χ1n) is 20.4. The van der Waals surface area contributed by atoms with Gasteiger partial charge >= 0.3 is 0 Å². The Kier molecular flexibility index (Phi) is 8.07. The zero-order valence-electron chi connectivity index (χ0n) is 33.3. The van der Waals surface area contributed by atoms with Crippen molar-refractivity contribution in [3.05, 3.63) is 216 Å². The number of rotatable bonds is 6. The van der Waals surface area contributed by atoms with Crippen molar-refractivity contribution >= 4 is 13.3 Å². The molecular weight excluding hydrogens is 731 g/mol. The van der Waals surface area contributed by atoms with Crippen LogP contribution in [0.4, 0.5) is 0 Å². The molecule has 0 fully saturated rings. The largest absolute Gasteiger partial charge is 0.208 e. The third-order valence-electron chi connectivity index (χ3n) is 12.3. The Morgan fingerprint density at radius 2 is 0.746 bits per heavy atom. The second kappa shape index (κ2) is 13.5. The minimum absolute atomic E-state index is 0.401. The summed E-state index contributed by atoms with van der Waals surface area (Å²) in [6.45, 7) is 7.12. The monoisotopic (exact) mass is 771 g/mol. The van der Waals surface area contributed by atoms with Crippen LogP contribution in [0.15, 0.2) is 194 Å². The summed E-state index contributed by atoms with van der Waals surface area (Å²) in [6.07, 6.45) is 0. The van der Waals surface area contributed by atoms with Crippen molar-refractivity contribution in [2.24, 2.45) is 0 Å². The van der Waals surface area contributed by atoms with Crippen molar-refractivity contribution in [2.75, 3.05) is 0 Å². The molecule has 0 saturated carbocycles. The lowest BCUT2D eigenvalue weighted by atomic mass is 9.70. The summed E-state index contributed by atoms with van der Waals surface area (Å²) in [5, 5.41) is 1.40. The van der Waals surface area contributed by atoms with Gasteiger partial charge in [-0.1, -0.05) is 207 Å². The number of aromatic nitrogens is 3. The van der Waals surface area contributed by atoms with Crippen molar-refractivity contribution in [3.63, 3.8) is 0 Å². The van der Waals surface area contributed by atoms with E-state index in [1.807, 2.05) is 6.07 Å². The van der Waals surface area contributed by atoms with Crippen LogP contribution in [-0.4, -0.2) is 23.0 Å². The van der Waals surface area contributed by atoms with E-state index in [-0.39, 0.29) is 0 Å². The highest BCUT2D eigenvalue weighted by Crippen LogP contribution is 2.63. The fourth-order valence-electron chi connectivity index (χ4n) is 9.53. The van der Waals surface area contributed by atoms with Crippen LogP contribution >= 0.6 is 0 Å². The Hall–Kier alpha value is -7.01. The molecule has 8 aromatic carbocycles. The number of hydrogen-bond donors (Lipinski definition) is 0. The first kappa shape index (κ1) is 35.2. The first-order chi connectivity index (χ1) is 28.9. The molecule has 0 unspecified atom stereocenters. The van der Waals surface area contributed by atoms with Crippen molar-refractivity contribution < 1.29 is 0 Å². The van der Waals surface area contributed by atoms with Gasteiger partial charge in [-0.3, -0.25) is 0 Å². The smallest absolute Gasteiger partial charge is 0.164 e. The van der Waals surface area contributed by atoms with Crippen LogP contribution in [0.25, 0.3) is 78.7 Å². The minimum Gasteiger partial charge on any atom is -0.208 e. The van der Waals surface area contributed by atoms with Crippen molar-refractivity contribution in [1.82, 2.24) is 15.0 Å². The molecule has 2 aliphatic rings. The van der Waals surface area contributed by atoms with Gasteiger partial charge in [-0.25, -0.2) is 15.0 Å². The lowest BCUT2D eigenvalue weighted by Gasteiger charge is -2.30. The molecular formula is C55H41N3Si. The van der Waals surface area contributed by atoms with Gasteiger partial charge in [-0.15, -0.1) is 0 Å². The van der Waals surface area contributed by atoms with E-state index in [4.69, 9.17) is 15.0 Å². The molecule has 4 heteroatoms. The summed E-state index contributed by atoms with van der Waals surface area (Å²) in [6, 6.07) is 70.4. The summed E-state index contributed by atoms with van der Waals surface area (Å²) >= 11 is 0. The van der Waals surface area contributed by atoms with Crippen LogP contribution in [0.1, 0.15) is 22.3 Å². The average molecular weight is 772 g/mol. The molecule has 3 nitrogen and oxygen atoms in total. The van der Waals surface area contributed by atoms with Gasteiger partial charge in [0.05, 0.1) is 13.5 Å². The third-order valence-corrected chi connectivity index (χ3v) is 14.4. The summed E-state index contributed by atoms with van der Waals surface area (Å²) in [5.74, 6) is 1.96. The Balaban J connectivity index is 1.08. The quantitative estimate of drug-likeness (QED) is 0.158. The Morgan fingerprint density at radius 3 is 1.36 bits per heavy atom. The van der Waals surface area contributed by atoms with Gasteiger partial charge in [0.1, 0.15) is 0 Å². The topological polar surface area (TPSA) is 38.7 Å². The second-order valence-corrected chi connectivity index (χ2v) is 21.9. The van der Waals surface area contributed by atoms with E-state index in [1.165, 1.54) is 49.7 Å². The summed E-state index contributed by atoms with van der Waals surface area (Å²) in [5.41, 5.74) is 17.5. The number of benzene rings is 8. The highest BCUT2D eigenvalue weighted by atomic mass is 28.3. The maximum atomic E-state index is 5.25.